The number of carbonyl (C=O) groups is 1. The Morgan fingerprint density at radius 2 is 2.21 bits per heavy atom. The first-order valence-electron chi connectivity index (χ1n) is 5.57. The van der Waals surface area contributed by atoms with Crippen LogP contribution in [0.3, 0.4) is 0 Å². The standard InChI is InChI=1S/C12H20O2/c1-11(2)7-9-5-4-6-12(9,8-14-3)10(11)13/h9H,4-8H2,1-3H3. The van der Waals surface area contributed by atoms with Crippen molar-refractivity contribution in [3.05, 3.63) is 0 Å². The highest BCUT2D eigenvalue weighted by Gasteiger charge is 2.59. The maximum Gasteiger partial charge on any atom is 0.147 e. The van der Waals surface area contributed by atoms with Gasteiger partial charge >= 0.3 is 0 Å². The van der Waals surface area contributed by atoms with Crippen LogP contribution in [0.15, 0.2) is 0 Å². The SMILES string of the molecule is COCC12CCCC1CC(C)(C)C2=O. The normalized spacial score (nSPS) is 40.2. The zero-order valence-corrected chi connectivity index (χ0v) is 9.43. The van der Waals surface area contributed by atoms with E-state index in [4.69, 9.17) is 4.74 Å². The quantitative estimate of drug-likeness (QED) is 0.678. The molecule has 0 N–H and O–H groups in total. The summed E-state index contributed by atoms with van der Waals surface area (Å²) in [5, 5.41) is 0. The highest BCUT2D eigenvalue weighted by Crippen LogP contribution is 2.58. The van der Waals surface area contributed by atoms with Crippen molar-refractivity contribution in [3.63, 3.8) is 0 Å². The smallest absolute Gasteiger partial charge is 0.147 e. The van der Waals surface area contributed by atoms with Crippen LogP contribution >= 0.6 is 0 Å². The van der Waals surface area contributed by atoms with Crippen LogP contribution < -0.4 is 0 Å². The van der Waals surface area contributed by atoms with E-state index in [0.29, 0.717) is 18.3 Å². The van der Waals surface area contributed by atoms with Crippen LogP contribution in [-0.4, -0.2) is 19.5 Å². The van der Waals surface area contributed by atoms with Gasteiger partial charge in [-0.15, -0.1) is 0 Å². The van der Waals surface area contributed by atoms with Gasteiger partial charge in [-0.1, -0.05) is 20.3 Å². The Balaban J connectivity index is 2.31. The molecule has 0 aromatic carbocycles. The predicted octanol–water partition coefficient (Wildman–Crippen LogP) is 2.42. The molecule has 0 spiro atoms. The van der Waals surface area contributed by atoms with E-state index in [1.165, 1.54) is 12.8 Å². The van der Waals surface area contributed by atoms with Crippen molar-refractivity contribution in [3.8, 4) is 0 Å². The third-order valence-corrected chi connectivity index (χ3v) is 4.18. The van der Waals surface area contributed by atoms with E-state index < -0.39 is 0 Å². The van der Waals surface area contributed by atoms with E-state index >= 15 is 0 Å². The Kier molecular flexibility index (Phi) is 2.22. The van der Waals surface area contributed by atoms with Gasteiger partial charge in [0.25, 0.3) is 0 Å². The second-order valence-electron chi connectivity index (χ2n) is 5.60. The molecule has 2 saturated carbocycles. The van der Waals surface area contributed by atoms with Crippen molar-refractivity contribution >= 4 is 5.78 Å². The van der Waals surface area contributed by atoms with E-state index in [2.05, 4.69) is 13.8 Å². The maximum absolute atomic E-state index is 12.3. The third-order valence-electron chi connectivity index (χ3n) is 4.18. The molecule has 0 saturated heterocycles. The van der Waals surface area contributed by atoms with E-state index in [9.17, 15) is 4.79 Å². The van der Waals surface area contributed by atoms with Gasteiger partial charge in [0.15, 0.2) is 0 Å². The van der Waals surface area contributed by atoms with Crippen molar-refractivity contribution in [2.24, 2.45) is 16.7 Å². The van der Waals surface area contributed by atoms with Crippen LogP contribution in [0.1, 0.15) is 39.5 Å². The van der Waals surface area contributed by atoms with Gasteiger partial charge in [-0.3, -0.25) is 4.79 Å². The fourth-order valence-corrected chi connectivity index (χ4v) is 3.64. The summed E-state index contributed by atoms with van der Waals surface area (Å²) < 4.78 is 5.27. The van der Waals surface area contributed by atoms with Crippen molar-refractivity contribution in [2.45, 2.75) is 39.5 Å². The largest absolute Gasteiger partial charge is 0.384 e. The van der Waals surface area contributed by atoms with Crippen LogP contribution in [0.25, 0.3) is 0 Å². The van der Waals surface area contributed by atoms with Gasteiger partial charge < -0.3 is 4.74 Å². The number of rotatable bonds is 2. The lowest BCUT2D eigenvalue weighted by atomic mass is 9.78. The van der Waals surface area contributed by atoms with Crippen LogP contribution in [-0.2, 0) is 9.53 Å². The lowest BCUT2D eigenvalue weighted by Crippen LogP contribution is -2.36. The van der Waals surface area contributed by atoms with Crippen LogP contribution in [0.5, 0.6) is 0 Å². The molecule has 0 aromatic rings. The second kappa shape index (κ2) is 3.06. The highest BCUT2D eigenvalue weighted by molar-refractivity contribution is 5.92. The number of Topliss-reactive ketones (excluding diaryl/α,β-unsaturated/α-hetero) is 1. The first-order chi connectivity index (χ1) is 6.53. The number of ketones is 1. The summed E-state index contributed by atoms with van der Waals surface area (Å²) in [6, 6.07) is 0. The minimum absolute atomic E-state index is 0.108. The average Bonchev–Trinajstić information content (AvgIpc) is 2.54. The zero-order chi connectivity index (χ0) is 10.4. The van der Waals surface area contributed by atoms with Crippen molar-refractivity contribution < 1.29 is 9.53 Å². The zero-order valence-electron chi connectivity index (χ0n) is 9.43. The summed E-state index contributed by atoms with van der Waals surface area (Å²) in [5.74, 6) is 1.04. The lowest BCUT2D eigenvalue weighted by molar-refractivity contribution is -0.135. The highest BCUT2D eigenvalue weighted by atomic mass is 16.5. The molecule has 14 heavy (non-hydrogen) atoms. The Morgan fingerprint density at radius 1 is 1.50 bits per heavy atom. The monoisotopic (exact) mass is 196 g/mol. The predicted molar refractivity (Wildman–Crippen MR) is 55.1 cm³/mol. The Bertz CT molecular complexity index is 257. The molecule has 0 aliphatic heterocycles. The van der Waals surface area contributed by atoms with E-state index in [1.54, 1.807) is 7.11 Å². The number of hydrogen-bond acceptors (Lipinski definition) is 2. The molecule has 2 atom stereocenters. The second-order valence-corrected chi connectivity index (χ2v) is 5.60. The van der Waals surface area contributed by atoms with Crippen LogP contribution in [0.4, 0.5) is 0 Å². The number of ether oxygens (including phenoxy) is 1. The molecule has 0 heterocycles. The molecule has 0 radical (unpaired) electrons. The molecule has 2 aliphatic rings. The number of methoxy groups -OCH3 is 1. The van der Waals surface area contributed by atoms with Gasteiger partial charge in [0, 0.05) is 12.5 Å². The Hall–Kier alpha value is -0.370. The van der Waals surface area contributed by atoms with Crippen LogP contribution in [0, 0.1) is 16.7 Å². The molecule has 2 nitrogen and oxygen atoms in total. The molecule has 2 heteroatoms. The minimum Gasteiger partial charge on any atom is -0.384 e. The van der Waals surface area contributed by atoms with Gasteiger partial charge in [-0.2, -0.15) is 0 Å². The Morgan fingerprint density at radius 3 is 2.86 bits per heavy atom. The molecule has 2 fully saturated rings. The summed E-state index contributed by atoms with van der Waals surface area (Å²) in [6.45, 7) is 4.82. The topological polar surface area (TPSA) is 26.3 Å². The summed E-state index contributed by atoms with van der Waals surface area (Å²) >= 11 is 0. The molecular weight excluding hydrogens is 176 g/mol. The van der Waals surface area contributed by atoms with E-state index in [-0.39, 0.29) is 10.8 Å². The molecule has 80 valence electrons. The number of fused-ring (bicyclic) bond motifs is 1. The van der Waals surface area contributed by atoms with Crippen molar-refractivity contribution in [1.29, 1.82) is 0 Å². The van der Waals surface area contributed by atoms with Gasteiger partial charge in [-0.25, -0.2) is 0 Å². The van der Waals surface area contributed by atoms with Gasteiger partial charge in [0.05, 0.1) is 12.0 Å². The first kappa shape index (κ1) is 10.2. The maximum atomic E-state index is 12.3. The molecule has 2 unspecified atom stereocenters. The minimum atomic E-state index is -0.113. The molecule has 2 rings (SSSR count). The summed E-state index contributed by atoms with van der Waals surface area (Å²) in [6.07, 6.45) is 4.54. The average molecular weight is 196 g/mol. The molecule has 0 aromatic heterocycles. The van der Waals surface area contributed by atoms with E-state index in [0.717, 1.165) is 12.8 Å². The van der Waals surface area contributed by atoms with Crippen molar-refractivity contribution in [2.75, 3.05) is 13.7 Å². The first-order valence-corrected chi connectivity index (χ1v) is 5.57. The summed E-state index contributed by atoms with van der Waals surface area (Å²) in [5.41, 5.74) is -0.220. The van der Waals surface area contributed by atoms with Gasteiger partial charge in [0.1, 0.15) is 5.78 Å². The van der Waals surface area contributed by atoms with Crippen molar-refractivity contribution in [1.82, 2.24) is 0 Å². The molecule has 0 bridgehead atoms. The number of carbonyl (C=O) groups excluding carboxylic acids is 1. The number of hydrogen-bond donors (Lipinski definition) is 0. The Labute approximate surface area is 86.0 Å². The fourth-order valence-electron chi connectivity index (χ4n) is 3.64. The fraction of sp³-hybridized carbons (Fsp3) is 0.917. The summed E-state index contributed by atoms with van der Waals surface area (Å²) in [7, 11) is 1.71. The molecule has 0 amide bonds. The molecule has 2 aliphatic carbocycles. The third kappa shape index (κ3) is 1.16. The summed E-state index contributed by atoms with van der Waals surface area (Å²) in [4.78, 5) is 12.3. The van der Waals surface area contributed by atoms with Gasteiger partial charge in [-0.05, 0) is 25.2 Å². The van der Waals surface area contributed by atoms with Crippen LogP contribution in [0.2, 0.25) is 0 Å². The lowest BCUT2D eigenvalue weighted by Gasteiger charge is -2.27. The van der Waals surface area contributed by atoms with E-state index in [1.807, 2.05) is 0 Å². The van der Waals surface area contributed by atoms with Gasteiger partial charge in [0.2, 0.25) is 0 Å². The molecular formula is C12H20O2.